The van der Waals surface area contributed by atoms with Crippen molar-refractivity contribution >= 4 is 16.9 Å². The number of aliphatic hydroxyl groups excluding tert-OH is 1. The fourth-order valence-corrected chi connectivity index (χ4v) is 1.83. The van der Waals surface area contributed by atoms with Crippen LogP contribution in [-0.2, 0) is 0 Å². The molecule has 0 bridgehead atoms. The lowest BCUT2D eigenvalue weighted by Gasteiger charge is -2.22. The van der Waals surface area contributed by atoms with E-state index in [0.29, 0.717) is 4.90 Å². The number of likely N-dealkylation sites (N-methyl/N-ethyl adjacent to an activating group) is 1. The van der Waals surface area contributed by atoms with Crippen LogP contribution in [0.4, 0.5) is 17.6 Å². The molecule has 1 aromatic carbocycles. The zero-order valence-electron chi connectivity index (χ0n) is 10.8. The molecule has 1 unspecified atom stereocenters. The quantitative estimate of drug-likeness (QED) is 0.848. The molecule has 1 aromatic heterocycles. The number of halogens is 4. The van der Waals surface area contributed by atoms with E-state index in [-0.39, 0.29) is 16.6 Å². The molecule has 0 aliphatic rings. The average Bonchev–Trinajstić information content (AvgIpc) is 2.83. The Morgan fingerprint density at radius 3 is 2.76 bits per heavy atom. The Kier molecular flexibility index (Phi) is 3.86. The Balaban J connectivity index is 2.28. The standard InChI is InChI=1S/C12H11F4N3O2/c1-19(4-9(20)12(14,15)16)11(21)7-2-6(13)3-8-10(7)18-5-17-8/h2-3,5,9,20H,4H2,1H3,(H,17,18). The van der Waals surface area contributed by atoms with Crippen LogP contribution in [0.5, 0.6) is 0 Å². The summed E-state index contributed by atoms with van der Waals surface area (Å²) in [6.45, 7) is -0.954. The summed E-state index contributed by atoms with van der Waals surface area (Å²) in [5, 5.41) is 8.97. The number of nitrogens with zero attached hydrogens (tertiary/aromatic N) is 2. The van der Waals surface area contributed by atoms with Crippen LogP contribution >= 0.6 is 0 Å². The molecule has 2 N–H and O–H groups in total. The number of carbonyl (C=O) groups is 1. The van der Waals surface area contributed by atoms with E-state index in [1.54, 1.807) is 0 Å². The molecule has 2 rings (SSSR count). The summed E-state index contributed by atoms with van der Waals surface area (Å²) >= 11 is 0. The molecule has 9 heteroatoms. The summed E-state index contributed by atoms with van der Waals surface area (Å²) in [7, 11) is 1.08. The van der Waals surface area contributed by atoms with Gasteiger partial charge in [-0.1, -0.05) is 0 Å². The SMILES string of the molecule is CN(CC(O)C(F)(F)F)C(=O)c1cc(F)cc2[nH]cnc12. The first kappa shape index (κ1) is 15.2. The van der Waals surface area contributed by atoms with Gasteiger partial charge in [-0.2, -0.15) is 13.2 Å². The molecule has 5 nitrogen and oxygen atoms in total. The lowest BCUT2D eigenvalue weighted by Crippen LogP contribution is -2.41. The number of benzene rings is 1. The van der Waals surface area contributed by atoms with Gasteiger partial charge >= 0.3 is 6.18 Å². The topological polar surface area (TPSA) is 69.2 Å². The Morgan fingerprint density at radius 2 is 2.14 bits per heavy atom. The highest BCUT2D eigenvalue weighted by molar-refractivity contribution is 6.04. The number of aliphatic hydroxyl groups is 1. The van der Waals surface area contributed by atoms with E-state index in [0.717, 1.165) is 19.2 Å². The van der Waals surface area contributed by atoms with Crippen molar-refractivity contribution in [2.75, 3.05) is 13.6 Å². The van der Waals surface area contributed by atoms with Gasteiger partial charge in [0.1, 0.15) is 11.3 Å². The minimum atomic E-state index is -4.84. The van der Waals surface area contributed by atoms with Crippen LogP contribution < -0.4 is 0 Å². The Hall–Kier alpha value is -2.16. The number of hydrogen-bond acceptors (Lipinski definition) is 3. The van der Waals surface area contributed by atoms with Gasteiger partial charge < -0.3 is 15.0 Å². The molecule has 0 spiro atoms. The molecular weight excluding hydrogens is 294 g/mol. The van der Waals surface area contributed by atoms with Crippen LogP contribution in [0.25, 0.3) is 11.0 Å². The number of hydrogen-bond donors (Lipinski definition) is 2. The Morgan fingerprint density at radius 1 is 1.48 bits per heavy atom. The van der Waals surface area contributed by atoms with E-state index in [1.807, 2.05) is 0 Å². The minimum absolute atomic E-state index is 0.148. The van der Waals surface area contributed by atoms with E-state index >= 15 is 0 Å². The number of alkyl halides is 3. The molecule has 1 heterocycles. The molecule has 1 atom stereocenters. The van der Waals surface area contributed by atoms with Gasteiger partial charge in [0.2, 0.25) is 0 Å². The minimum Gasteiger partial charge on any atom is -0.382 e. The zero-order chi connectivity index (χ0) is 15.8. The molecule has 2 aromatic rings. The van der Waals surface area contributed by atoms with Crippen molar-refractivity contribution in [3.63, 3.8) is 0 Å². The first-order chi connectivity index (χ1) is 9.70. The number of nitrogens with one attached hydrogen (secondary N) is 1. The fourth-order valence-electron chi connectivity index (χ4n) is 1.83. The van der Waals surface area contributed by atoms with Crippen molar-refractivity contribution in [3.8, 4) is 0 Å². The lowest BCUT2D eigenvalue weighted by atomic mass is 10.1. The molecule has 1 amide bonds. The van der Waals surface area contributed by atoms with Crippen LogP contribution in [0.1, 0.15) is 10.4 Å². The van der Waals surface area contributed by atoms with Gasteiger partial charge in [0.25, 0.3) is 5.91 Å². The van der Waals surface area contributed by atoms with E-state index in [9.17, 15) is 22.4 Å². The largest absolute Gasteiger partial charge is 0.416 e. The number of imidazole rings is 1. The highest BCUT2D eigenvalue weighted by Crippen LogP contribution is 2.22. The smallest absolute Gasteiger partial charge is 0.382 e. The third kappa shape index (κ3) is 3.13. The number of aromatic nitrogens is 2. The number of carbonyl (C=O) groups excluding carboxylic acids is 1. The highest BCUT2D eigenvalue weighted by Gasteiger charge is 2.39. The summed E-state index contributed by atoms with van der Waals surface area (Å²) in [4.78, 5) is 19.2. The fraction of sp³-hybridized carbons (Fsp3) is 0.333. The van der Waals surface area contributed by atoms with Crippen LogP contribution in [0.3, 0.4) is 0 Å². The van der Waals surface area contributed by atoms with Gasteiger partial charge in [-0.25, -0.2) is 9.37 Å². The summed E-state index contributed by atoms with van der Waals surface area (Å²) in [5.74, 6) is -1.59. The van der Waals surface area contributed by atoms with Crippen molar-refractivity contribution in [1.29, 1.82) is 0 Å². The van der Waals surface area contributed by atoms with Crippen molar-refractivity contribution in [3.05, 3.63) is 29.8 Å². The molecule has 0 radical (unpaired) electrons. The second-order valence-corrected chi connectivity index (χ2v) is 4.50. The number of fused-ring (bicyclic) bond motifs is 1. The van der Waals surface area contributed by atoms with Crippen molar-refractivity contribution in [2.45, 2.75) is 12.3 Å². The van der Waals surface area contributed by atoms with Crippen molar-refractivity contribution in [1.82, 2.24) is 14.9 Å². The predicted molar refractivity (Wildman–Crippen MR) is 65.1 cm³/mol. The van der Waals surface area contributed by atoms with E-state index in [2.05, 4.69) is 9.97 Å². The van der Waals surface area contributed by atoms with Gasteiger partial charge in [-0.3, -0.25) is 4.79 Å². The van der Waals surface area contributed by atoms with Crippen LogP contribution in [0.2, 0.25) is 0 Å². The van der Waals surface area contributed by atoms with Gasteiger partial charge in [0.05, 0.1) is 24.0 Å². The first-order valence-electron chi connectivity index (χ1n) is 5.83. The third-order valence-corrected chi connectivity index (χ3v) is 2.89. The summed E-state index contributed by atoms with van der Waals surface area (Å²) in [6.07, 6.45) is -6.27. The molecule has 114 valence electrons. The van der Waals surface area contributed by atoms with Gasteiger partial charge in [0, 0.05) is 7.05 Å². The second-order valence-electron chi connectivity index (χ2n) is 4.50. The van der Waals surface area contributed by atoms with Crippen molar-refractivity contribution < 1.29 is 27.5 Å². The van der Waals surface area contributed by atoms with E-state index in [1.165, 1.54) is 6.33 Å². The molecule has 0 aliphatic heterocycles. The Labute approximate surface area is 116 Å². The maximum absolute atomic E-state index is 13.4. The summed E-state index contributed by atoms with van der Waals surface area (Å²) < 4.78 is 50.2. The predicted octanol–water partition coefficient (Wildman–Crippen LogP) is 1.70. The molecule has 21 heavy (non-hydrogen) atoms. The molecule has 0 aliphatic carbocycles. The summed E-state index contributed by atoms with van der Waals surface area (Å²) in [6, 6.07) is 2.01. The van der Waals surface area contributed by atoms with E-state index in [4.69, 9.17) is 5.11 Å². The second kappa shape index (κ2) is 5.32. The highest BCUT2D eigenvalue weighted by atomic mass is 19.4. The maximum Gasteiger partial charge on any atom is 0.416 e. The Bertz CT molecular complexity index is 668. The number of aromatic amines is 1. The van der Waals surface area contributed by atoms with Gasteiger partial charge in [-0.15, -0.1) is 0 Å². The zero-order valence-corrected chi connectivity index (χ0v) is 10.8. The third-order valence-electron chi connectivity index (χ3n) is 2.89. The molecule has 0 saturated carbocycles. The number of amides is 1. The number of H-pyrrole nitrogens is 1. The normalized spacial score (nSPS) is 13.4. The molecular formula is C12H11F4N3O2. The molecule has 0 fully saturated rings. The van der Waals surface area contributed by atoms with Crippen molar-refractivity contribution in [2.24, 2.45) is 0 Å². The van der Waals surface area contributed by atoms with Crippen LogP contribution in [0, 0.1) is 5.82 Å². The van der Waals surface area contributed by atoms with Crippen LogP contribution in [-0.4, -0.2) is 51.8 Å². The number of rotatable bonds is 3. The summed E-state index contributed by atoms with van der Waals surface area (Å²) in [5.41, 5.74) is 0.223. The average molecular weight is 305 g/mol. The first-order valence-corrected chi connectivity index (χ1v) is 5.83. The molecule has 0 saturated heterocycles. The monoisotopic (exact) mass is 305 g/mol. The van der Waals surface area contributed by atoms with Crippen LogP contribution in [0.15, 0.2) is 18.5 Å². The van der Waals surface area contributed by atoms with Gasteiger partial charge in [0.15, 0.2) is 6.10 Å². The van der Waals surface area contributed by atoms with Gasteiger partial charge in [-0.05, 0) is 12.1 Å². The maximum atomic E-state index is 13.4. The van der Waals surface area contributed by atoms with E-state index < -0.39 is 30.5 Å². The lowest BCUT2D eigenvalue weighted by molar-refractivity contribution is -0.205.